The van der Waals surface area contributed by atoms with Crippen molar-refractivity contribution in [2.24, 2.45) is 0 Å². The van der Waals surface area contributed by atoms with E-state index in [-0.39, 0.29) is 18.3 Å². The van der Waals surface area contributed by atoms with Gasteiger partial charge >= 0.3 is 12.2 Å². The van der Waals surface area contributed by atoms with Crippen molar-refractivity contribution in [2.75, 3.05) is 31.6 Å². The predicted octanol–water partition coefficient (Wildman–Crippen LogP) is 3.95. The third-order valence-corrected chi connectivity index (χ3v) is 3.93. The van der Waals surface area contributed by atoms with Gasteiger partial charge in [-0.2, -0.15) is 13.2 Å². The average molecular weight is 395 g/mol. The van der Waals surface area contributed by atoms with E-state index in [4.69, 9.17) is 0 Å². The zero-order chi connectivity index (χ0) is 20.4. The number of rotatable bonds is 9. The molecule has 2 aromatic carbocycles. The largest absolute Gasteiger partial charge is 0.484 e. The van der Waals surface area contributed by atoms with Crippen LogP contribution in [-0.2, 0) is 6.54 Å². The molecule has 0 atom stereocenters. The molecule has 2 N–H and O–H groups in total. The van der Waals surface area contributed by atoms with Crippen molar-refractivity contribution < 1.29 is 22.7 Å². The Labute approximate surface area is 162 Å². The standard InChI is InChI=1S/C20H24F3N3O2/c1-26(17-6-3-2-4-7-17)13-5-12-24-19(27)25-14-16-8-10-18(11-9-16)28-15-20(21,22)23/h2-4,6-11H,5,12-15H2,1H3,(H2,24,25,27). The number of amides is 2. The van der Waals surface area contributed by atoms with Gasteiger partial charge in [-0.1, -0.05) is 30.3 Å². The molecule has 0 spiro atoms. The number of carbonyl (C=O) groups excluding carboxylic acids is 1. The van der Waals surface area contributed by atoms with Crippen LogP contribution in [0.15, 0.2) is 54.6 Å². The van der Waals surface area contributed by atoms with Crippen LogP contribution in [0.4, 0.5) is 23.7 Å². The first-order chi connectivity index (χ1) is 13.3. The van der Waals surface area contributed by atoms with Crippen molar-refractivity contribution in [1.29, 1.82) is 0 Å². The minimum atomic E-state index is -4.37. The van der Waals surface area contributed by atoms with E-state index in [0.717, 1.165) is 24.2 Å². The van der Waals surface area contributed by atoms with Crippen LogP contribution >= 0.6 is 0 Å². The summed E-state index contributed by atoms with van der Waals surface area (Å²) >= 11 is 0. The number of hydrogen-bond acceptors (Lipinski definition) is 3. The lowest BCUT2D eigenvalue weighted by Gasteiger charge is -2.19. The molecule has 0 radical (unpaired) electrons. The number of benzene rings is 2. The molecule has 0 bridgehead atoms. The normalized spacial score (nSPS) is 11.0. The number of nitrogens with one attached hydrogen (secondary N) is 2. The Kier molecular flexibility index (Phi) is 7.98. The maximum atomic E-state index is 12.1. The number of para-hydroxylation sites is 1. The van der Waals surface area contributed by atoms with Gasteiger partial charge < -0.3 is 20.3 Å². The highest BCUT2D eigenvalue weighted by atomic mass is 19.4. The average Bonchev–Trinajstić information content (AvgIpc) is 2.69. The minimum Gasteiger partial charge on any atom is -0.484 e. The van der Waals surface area contributed by atoms with E-state index >= 15 is 0 Å². The molecule has 28 heavy (non-hydrogen) atoms. The minimum absolute atomic E-state index is 0.132. The van der Waals surface area contributed by atoms with Crippen LogP contribution < -0.4 is 20.3 Å². The third kappa shape index (κ3) is 8.20. The molecule has 152 valence electrons. The van der Waals surface area contributed by atoms with Crippen molar-refractivity contribution in [3.8, 4) is 5.75 Å². The van der Waals surface area contributed by atoms with Gasteiger partial charge in [0.05, 0.1) is 0 Å². The van der Waals surface area contributed by atoms with Crippen LogP contribution in [0.25, 0.3) is 0 Å². The molecule has 0 aliphatic heterocycles. The Morgan fingerprint density at radius 2 is 1.71 bits per heavy atom. The van der Waals surface area contributed by atoms with Crippen molar-refractivity contribution >= 4 is 11.7 Å². The Morgan fingerprint density at radius 3 is 2.36 bits per heavy atom. The molecule has 8 heteroatoms. The molecule has 0 fully saturated rings. The Morgan fingerprint density at radius 1 is 1.04 bits per heavy atom. The first-order valence-electron chi connectivity index (χ1n) is 8.90. The zero-order valence-electron chi connectivity index (χ0n) is 15.6. The van der Waals surface area contributed by atoms with Gasteiger partial charge in [0.2, 0.25) is 0 Å². The zero-order valence-corrected chi connectivity index (χ0v) is 15.6. The summed E-state index contributed by atoms with van der Waals surface area (Å²) in [4.78, 5) is 13.9. The quantitative estimate of drug-likeness (QED) is 0.632. The van der Waals surface area contributed by atoms with Gasteiger partial charge in [-0.05, 0) is 36.2 Å². The van der Waals surface area contributed by atoms with E-state index in [1.807, 2.05) is 37.4 Å². The molecule has 0 saturated heterocycles. The van der Waals surface area contributed by atoms with Crippen LogP contribution in [0.2, 0.25) is 0 Å². The SMILES string of the molecule is CN(CCCNC(=O)NCc1ccc(OCC(F)(F)F)cc1)c1ccccc1. The summed E-state index contributed by atoms with van der Waals surface area (Å²) in [5.74, 6) is 0.132. The lowest BCUT2D eigenvalue weighted by atomic mass is 10.2. The van der Waals surface area contributed by atoms with Crippen molar-refractivity contribution in [1.82, 2.24) is 10.6 Å². The number of carbonyl (C=O) groups is 1. The highest BCUT2D eigenvalue weighted by molar-refractivity contribution is 5.73. The lowest BCUT2D eigenvalue weighted by molar-refractivity contribution is -0.153. The molecule has 0 aliphatic carbocycles. The van der Waals surface area contributed by atoms with Crippen LogP contribution in [0.1, 0.15) is 12.0 Å². The van der Waals surface area contributed by atoms with Crippen LogP contribution in [0, 0.1) is 0 Å². The van der Waals surface area contributed by atoms with E-state index in [9.17, 15) is 18.0 Å². The molecule has 0 aliphatic rings. The summed E-state index contributed by atoms with van der Waals surface area (Å²) in [5, 5.41) is 5.49. The molecule has 0 saturated carbocycles. The summed E-state index contributed by atoms with van der Waals surface area (Å²) in [5.41, 5.74) is 1.88. The fourth-order valence-corrected chi connectivity index (χ4v) is 2.44. The maximum Gasteiger partial charge on any atom is 0.422 e. The highest BCUT2D eigenvalue weighted by Crippen LogP contribution is 2.18. The van der Waals surface area contributed by atoms with E-state index in [1.165, 1.54) is 12.1 Å². The topological polar surface area (TPSA) is 53.6 Å². The molecule has 2 rings (SSSR count). The van der Waals surface area contributed by atoms with Gasteiger partial charge in [-0.3, -0.25) is 0 Å². The summed E-state index contributed by atoms with van der Waals surface area (Å²) in [6.45, 7) is 0.290. The second-order valence-corrected chi connectivity index (χ2v) is 6.27. The fourth-order valence-electron chi connectivity index (χ4n) is 2.44. The van der Waals surface area contributed by atoms with E-state index in [2.05, 4.69) is 20.3 Å². The highest BCUT2D eigenvalue weighted by Gasteiger charge is 2.28. The van der Waals surface area contributed by atoms with Gasteiger partial charge in [0.1, 0.15) is 5.75 Å². The number of hydrogen-bond donors (Lipinski definition) is 2. The fraction of sp³-hybridized carbons (Fsp3) is 0.350. The first-order valence-corrected chi connectivity index (χ1v) is 8.90. The van der Waals surface area contributed by atoms with Gasteiger partial charge in [0.15, 0.2) is 6.61 Å². The van der Waals surface area contributed by atoms with Crippen molar-refractivity contribution in [2.45, 2.75) is 19.1 Å². The summed E-state index contributed by atoms with van der Waals surface area (Å²) < 4.78 is 41.0. The predicted molar refractivity (Wildman–Crippen MR) is 103 cm³/mol. The molecule has 2 amide bonds. The van der Waals surface area contributed by atoms with E-state index < -0.39 is 12.8 Å². The van der Waals surface area contributed by atoms with Crippen LogP contribution in [-0.4, -0.2) is 39.0 Å². The number of nitrogens with zero attached hydrogens (tertiary/aromatic N) is 1. The third-order valence-electron chi connectivity index (χ3n) is 3.93. The second kappa shape index (κ2) is 10.4. The molecular formula is C20H24F3N3O2. The van der Waals surface area contributed by atoms with Gasteiger partial charge in [-0.25, -0.2) is 4.79 Å². The summed E-state index contributed by atoms with van der Waals surface area (Å²) in [6.07, 6.45) is -3.57. The number of alkyl halides is 3. The van der Waals surface area contributed by atoms with Crippen molar-refractivity contribution in [3.05, 3.63) is 60.2 Å². The van der Waals surface area contributed by atoms with Crippen LogP contribution in [0.3, 0.4) is 0 Å². The van der Waals surface area contributed by atoms with Gasteiger partial charge in [0.25, 0.3) is 0 Å². The van der Waals surface area contributed by atoms with E-state index in [0.29, 0.717) is 6.54 Å². The van der Waals surface area contributed by atoms with Crippen molar-refractivity contribution in [3.63, 3.8) is 0 Å². The molecule has 2 aromatic rings. The number of anilines is 1. The Bertz CT molecular complexity index is 722. The second-order valence-electron chi connectivity index (χ2n) is 6.27. The molecule has 0 aromatic heterocycles. The molecule has 5 nitrogen and oxygen atoms in total. The van der Waals surface area contributed by atoms with Crippen LogP contribution in [0.5, 0.6) is 5.75 Å². The molecular weight excluding hydrogens is 371 g/mol. The van der Waals surface area contributed by atoms with Gasteiger partial charge in [-0.15, -0.1) is 0 Å². The number of halogens is 3. The van der Waals surface area contributed by atoms with E-state index in [1.54, 1.807) is 12.1 Å². The molecule has 0 unspecified atom stereocenters. The maximum absolute atomic E-state index is 12.1. The number of ether oxygens (including phenoxy) is 1. The Hall–Kier alpha value is -2.90. The summed E-state index contributed by atoms with van der Waals surface area (Å²) in [7, 11) is 2.00. The Balaban J connectivity index is 1.61. The lowest BCUT2D eigenvalue weighted by Crippen LogP contribution is -2.36. The monoisotopic (exact) mass is 395 g/mol. The van der Waals surface area contributed by atoms with Gasteiger partial charge in [0, 0.05) is 32.4 Å². The molecule has 0 heterocycles. The smallest absolute Gasteiger partial charge is 0.422 e. The summed E-state index contributed by atoms with van der Waals surface area (Å²) in [6, 6.07) is 15.8. The number of urea groups is 1. The first kappa shape index (κ1) is 21.4.